The Bertz CT molecular complexity index is 499. The van der Waals surface area contributed by atoms with Crippen LogP contribution in [-0.2, 0) is 10.9 Å². The van der Waals surface area contributed by atoms with Crippen molar-refractivity contribution in [1.29, 1.82) is 0 Å². The number of halogens is 3. The number of nitrogen functional groups attached to an aromatic ring is 1. The Labute approximate surface area is 113 Å². The van der Waals surface area contributed by atoms with Gasteiger partial charge in [-0.05, 0) is 24.6 Å². The highest BCUT2D eigenvalue weighted by molar-refractivity contribution is 5.90. The largest absolute Gasteiger partial charge is 0.418 e. The molecule has 1 fully saturated rings. The first-order valence-corrected chi connectivity index (χ1v) is 5.98. The zero-order valence-corrected chi connectivity index (χ0v) is 10.5. The van der Waals surface area contributed by atoms with Gasteiger partial charge in [-0.1, -0.05) is 0 Å². The Morgan fingerprint density at radius 3 is 2.75 bits per heavy atom. The molecule has 0 radical (unpaired) electrons. The van der Waals surface area contributed by atoms with E-state index in [2.05, 4.69) is 10.6 Å². The number of carbonyl (C=O) groups is 1. The zero-order valence-electron chi connectivity index (χ0n) is 10.5. The Morgan fingerprint density at radius 2 is 2.15 bits per heavy atom. The van der Waals surface area contributed by atoms with Crippen molar-refractivity contribution in [3.8, 4) is 0 Å². The molecule has 110 valence electrons. The summed E-state index contributed by atoms with van der Waals surface area (Å²) in [4.78, 5) is 11.7. The van der Waals surface area contributed by atoms with E-state index in [0.717, 1.165) is 12.1 Å². The molecule has 1 aliphatic heterocycles. The molecule has 20 heavy (non-hydrogen) atoms. The molecule has 1 heterocycles. The minimum atomic E-state index is -4.59. The average molecular weight is 289 g/mol. The SMILES string of the molecule is Nc1ccc(NC(=O)NC2CCOC2)c(C(F)(F)F)c1. The first-order chi connectivity index (χ1) is 9.36. The third-order valence-corrected chi connectivity index (χ3v) is 2.86. The van der Waals surface area contributed by atoms with Crippen LogP contribution in [0.5, 0.6) is 0 Å². The van der Waals surface area contributed by atoms with Gasteiger partial charge in [0.2, 0.25) is 0 Å². The van der Waals surface area contributed by atoms with Crippen LogP contribution in [0, 0.1) is 0 Å². The number of urea groups is 1. The van der Waals surface area contributed by atoms with Crippen molar-refractivity contribution >= 4 is 17.4 Å². The molecule has 0 aliphatic carbocycles. The maximum atomic E-state index is 12.8. The van der Waals surface area contributed by atoms with Crippen molar-refractivity contribution in [1.82, 2.24) is 5.32 Å². The third-order valence-electron chi connectivity index (χ3n) is 2.86. The van der Waals surface area contributed by atoms with Crippen molar-refractivity contribution in [2.45, 2.75) is 18.6 Å². The van der Waals surface area contributed by atoms with Gasteiger partial charge in [0.05, 0.1) is 23.9 Å². The van der Waals surface area contributed by atoms with Crippen LogP contribution in [0.4, 0.5) is 29.3 Å². The lowest BCUT2D eigenvalue weighted by Gasteiger charge is -2.16. The second-order valence-corrected chi connectivity index (χ2v) is 4.46. The lowest BCUT2D eigenvalue weighted by molar-refractivity contribution is -0.136. The number of rotatable bonds is 2. The smallest absolute Gasteiger partial charge is 0.399 e. The average Bonchev–Trinajstić information content (AvgIpc) is 2.82. The lowest BCUT2D eigenvalue weighted by Crippen LogP contribution is -2.38. The summed E-state index contributed by atoms with van der Waals surface area (Å²) >= 11 is 0. The maximum absolute atomic E-state index is 12.8. The summed E-state index contributed by atoms with van der Waals surface area (Å²) < 4.78 is 43.6. The highest BCUT2D eigenvalue weighted by Gasteiger charge is 2.34. The number of anilines is 2. The highest BCUT2D eigenvalue weighted by atomic mass is 19.4. The molecular weight excluding hydrogens is 275 g/mol. The number of hydrogen-bond donors (Lipinski definition) is 3. The van der Waals surface area contributed by atoms with Crippen molar-refractivity contribution < 1.29 is 22.7 Å². The molecule has 8 heteroatoms. The normalized spacial score (nSPS) is 18.9. The highest BCUT2D eigenvalue weighted by Crippen LogP contribution is 2.36. The van der Waals surface area contributed by atoms with Gasteiger partial charge in [0, 0.05) is 12.3 Å². The summed E-state index contributed by atoms with van der Waals surface area (Å²) in [5, 5.41) is 4.74. The van der Waals surface area contributed by atoms with Gasteiger partial charge in [-0.3, -0.25) is 0 Å². The van der Waals surface area contributed by atoms with Crippen LogP contribution < -0.4 is 16.4 Å². The van der Waals surface area contributed by atoms with E-state index in [1.54, 1.807) is 0 Å². The van der Waals surface area contributed by atoms with Crippen molar-refractivity contribution in [3.63, 3.8) is 0 Å². The molecule has 1 atom stereocenters. The molecule has 0 bridgehead atoms. The number of carbonyl (C=O) groups excluding carboxylic acids is 1. The van der Waals surface area contributed by atoms with Gasteiger partial charge in [-0.2, -0.15) is 13.2 Å². The fraction of sp³-hybridized carbons (Fsp3) is 0.417. The van der Waals surface area contributed by atoms with Gasteiger partial charge in [0.1, 0.15) is 0 Å². The fourth-order valence-corrected chi connectivity index (χ4v) is 1.90. The standard InChI is InChI=1S/C12H14F3N3O2/c13-12(14,15)9-5-7(16)1-2-10(9)18-11(19)17-8-3-4-20-6-8/h1-2,5,8H,3-4,6,16H2,(H2,17,18,19). The lowest BCUT2D eigenvalue weighted by atomic mass is 10.1. The maximum Gasteiger partial charge on any atom is 0.418 e. The molecule has 1 aromatic rings. The molecule has 0 spiro atoms. The van der Waals surface area contributed by atoms with Gasteiger partial charge >= 0.3 is 12.2 Å². The molecule has 1 aromatic carbocycles. The summed E-state index contributed by atoms with van der Waals surface area (Å²) in [7, 11) is 0. The van der Waals surface area contributed by atoms with Crippen LogP contribution in [0.1, 0.15) is 12.0 Å². The second-order valence-electron chi connectivity index (χ2n) is 4.46. The Kier molecular flexibility index (Phi) is 4.03. The van der Waals surface area contributed by atoms with Gasteiger partial charge in [0.25, 0.3) is 0 Å². The van der Waals surface area contributed by atoms with Crippen LogP contribution in [0.3, 0.4) is 0 Å². The van der Waals surface area contributed by atoms with E-state index in [9.17, 15) is 18.0 Å². The van der Waals surface area contributed by atoms with Gasteiger partial charge in [-0.25, -0.2) is 4.79 Å². The van der Waals surface area contributed by atoms with E-state index in [-0.39, 0.29) is 17.4 Å². The quantitative estimate of drug-likeness (QED) is 0.730. The molecule has 1 unspecified atom stereocenters. The first-order valence-electron chi connectivity index (χ1n) is 5.98. The predicted octanol–water partition coefficient (Wildman–Crippen LogP) is 2.20. The van der Waals surface area contributed by atoms with Crippen LogP contribution in [-0.4, -0.2) is 25.3 Å². The van der Waals surface area contributed by atoms with Crippen molar-refractivity contribution in [3.05, 3.63) is 23.8 Å². The third kappa shape index (κ3) is 3.53. The van der Waals surface area contributed by atoms with E-state index < -0.39 is 17.8 Å². The zero-order chi connectivity index (χ0) is 14.8. The first kappa shape index (κ1) is 14.4. The molecule has 0 aromatic heterocycles. The molecule has 2 rings (SSSR count). The number of hydrogen-bond acceptors (Lipinski definition) is 3. The Morgan fingerprint density at radius 1 is 1.40 bits per heavy atom. The molecule has 1 saturated heterocycles. The summed E-state index contributed by atoms with van der Waals surface area (Å²) in [6.07, 6.45) is -3.95. The Hall–Kier alpha value is -1.96. The van der Waals surface area contributed by atoms with E-state index in [4.69, 9.17) is 10.5 Å². The number of nitrogens with one attached hydrogen (secondary N) is 2. The van der Waals surface area contributed by atoms with Gasteiger partial charge in [0.15, 0.2) is 0 Å². The van der Waals surface area contributed by atoms with Crippen molar-refractivity contribution in [2.75, 3.05) is 24.3 Å². The van der Waals surface area contributed by atoms with E-state index in [1.165, 1.54) is 6.07 Å². The number of ether oxygens (including phenoxy) is 1. The molecular formula is C12H14F3N3O2. The number of amides is 2. The van der Waals surface area contributed by atoms with Crippen molar-refractivity contribution in [2.24, 2.45) is 0 Å². The van der Waals surface area contributed by atoms with Crippen LogP contribution in [0.2, 0.25) is 0 Å². The van der Waals surface area contributed by atoms with E-state index in [1.807, 2.05) is 0 Å². The summed E-state index contributed by atoms with van der Waals surface area (Å²) in [5.41, 5.74) is 4.01. The number of benzene rings is 1. The monoisotopic (exact) mass is 289 g/mol. The minimum absolute atomic E-state index is 0.0209. The van der Waals surface area contributed by atoms with Gasteiger partial charge in [-0.15, -0.1) is 0 Å². The Balaban J connectivity index is 2.10. The van der Waals surface area contributed by atoms with Crippen LogP contribution in [0.25, 0.3) is 0 Å². The summed E-state index contributed by atoms with van der Waals surface area (Å²) in [6, 6.07) is 2.33. The molecule has 4 N–H and O–H groups in total. The molecule has 5 nitrogen and oxygen atoms in total. The predicted molar refractivity (Wildman–Crippen MR) is 67.2 cm³/mol. The van der Waals surface area contributed by atoms with E-state index in [0.29, 0.717) is 19.6 Å². The molecule has 0 saturated carbocycles. The fourth-order valence-electron chi connectivity index (χ4n) is 1.90. The topological polar surface area (TPSA) is 76.4 Å². The second kappa shape index (κ2) is 5.58. The molecule has 1 aliphatic rings. The van der Waals surface area contributed by atoms with Crippen LogP contribution >= 0.6 is 0 Å². The molecule has 2 amide bonds. The van der Waals surface area contributed by atoms with Crippen LogP contribution in [0.15, 0.2) is 18.2 Å². The van der Waals surface area contributed by atoms with E-state index >= 15 is 0 Å². The summed E-state index contributed by atoms with van der Waals surface area (Å²) in [5.74, 6) is 0. The van der Waals surface area contributed by atoms with Gasteiger partial charge < -0.3 is 21.1 Å². The number of nitrogens with two attached hydrogens (primary N) is 1. The minimum Gasteiger partial charge on any atom is -0.399 e. The number of alkyl halides is 3. The summed E-state index contributed by atoms with van der Waals surface area (Å²) in [6.45, 7) is 0.891.